The van der Waals surface area contributed by atoms with Crippen LogP contribution in [-0.4, -0.2) is 16.9 Å². The topological polar surface area (TPSA) is 37.4 Å². The van der Waals surface area contributed by atoms with Gasteiger partial charge in [0, 0.05) is 11.3 Å². The minimum absolute atomic E-state index is 0.0163. The van der Waals surface area contributed by atoms with Crippen LogP contribution in [0.25, 0.3) is 0 Å². The molecule has 2 aromatic carbocycles. The lowest BCUT2D eigenvalue weighted by Crippen LogP contribution is -2.28. The summed E-state index contributed by atoms with van der Waals surface area (Å²) in [4.78, 5) is 25.3. The molecule has 118 valence electrons. The van der Waals surface area contributed by atoms with Gasteiger partial charge in [0.1, 0.15) is 11.2 Å². The normalized spacial score (nSPS) is 17.6. The number of hydrogen-bond donors (Lipinski definition) is 0. The largest absolute Gasteiger partial charge is 0.295 e. The molecule has 1 atom stereocenters. The third-order valence-corrected chi connectivity index (χ3v) is 5.14. The average molecular weight is 350 g/mol. The number of rotatable bonds is 3. The van der Waals surface area contributed by atoms with Crippen molar-refractivity contribution in [3.8, 4) is 0 Å². The molecule has 1 saturated heterocycles. The molecule has 0 N–H and O–H groups in total. The van der Waals surface area contributed by atoms with E-state index in [1.807, 2.05) is 6.92 Å². The number of carbonyl (C=O) groups excluding carboxylic acids is 2. The van der Waals surface area contributed by atoms with E-state index in [-0.39, 0.29) is 17.1 Å². The standard InChI is InChI=1S/C17H13ClFNO2S/c1-10-8-12(16(18)22)4-7-14(10)20-15(21)9-23-17(20)11-2-5-13(19)6-3-11/h2-8,17H,9H2,1H3. The summed E-state index contributed by atoms with van der Waals surface area (Å²) in [6.45, 7) is 1.83. The SMILES string of the molecule is Cc1cc(C(=O)Cl)ccc1N1C(=O)CSC1c1ccc(F)cc1. The van der Waals surface area contributed by atoms with E-state index in [0.29, 0.717) is 11.3 Å². The zero-order valence-corrected chi connectivity index (χ0v) is 13.8. The summed E-state index contributed by atoms with van der Waals surface area (Å²) >= 11 is 6.99. The number of carbonyl (C=O) groups is 2. The summed E-state index contributed by atoms with van der Waals surface area (Å²) in [6, 6.07) is 11.1. The van der Waals surface area contributed by atoms with Crippen LogP contribution in [0.2, 0.25) is 0 Å². The van der Waals surface area contributed by atoms with Gasteiger partial charge in [0.05, 0.1) is 5.75 Å². The Balaban J connectivity index is 2.00. The highest BCUT2D eigenvalue weighted by Crippen LogP contribution is 2.42. The number of benzene rings is 2. The molecule has 0 aromatic heterocycles. The summed E-state index contributed by atoms with van der Waals surface area (Å²) < 4.78 is 13.1. The first-order chi connectivity index (χ1) is 11.0. The highest BCUT2D eigenvalue weighted by molar-refractivity contribution is 8.00. The maximum atomic E-state index is 13.1. The van der Waals surface area contributed by atoms with Gasteiger partial charge in [-0.15, -0.1) is 11.8 Å². The lowest BCUT2D eigenvalue weighted by molar-refractivity contribution is -0.115. The first-order valence-electron chi connectivity index (χ1n) is 6.97. The molecule has 1 aliphatic rings. The molecule has 23 heavy (non-hydrogen) atoms. The fourth-order valence-corrected chi connectivity index (χ4v) is 3.89. The maximum Gasteiger partial charge on any atom is 0.252 e. The molecule has 1 unspecified atom stereocenters. The van der Waals surface area contributed by atoms with E-state index in [2.05, 4.69) is 0 Å². The van der Waals surface area contributed by atoms with Gasteiger partial charge in [0.25, 0.3) is 5.24 Å². The monoisotopic (exact) mass is 349 g/mol. The van der Waals surface area contributed by atoms with Crippen molar-refractivity contribution in [2.45, 2.75) is 12.3 Å². The number of thioether (sulfide) groups is 1. The number of hydrogen-bond acceptors (Lipinski definition) is 3. The Hall–Kier alpha value is -1.85. The van der Waals surface area contributed by atoms with E-state index in [1.165, 1.54) is 23.9 Å². The van der Waals surface area contributed by atoms with Crippen molar-refractivity contribution in [3.63, 3.8) is 0 Å². The van der Waals surface area contributed by atoms with Crippen molar-refractivity contribution in [1.29, 1.82) is 0 Å². The molecule has 1 heterocycles. The predicted molar refractivity (Wildman–Crippen MR) is 90.4 cm³/mol. The van der Waals surface area contributed by atoms with Crippen LogP contribution in [0.15, 0.2) is 42.5 Å². The molecule has 3 rings (SSSR count). The second kappa shape index (κ2) is 6.34. The van der Waals surface area contributed by atoms with Gasteiger partial charge in [0.2, 0.25) is 5.91 Å². The predicted octanol–water partition coefficient (Wildman–Crippen LogP) is 4.29. The summed E-state index contributed by atoms with van der Waals surface area (Å²) in [6.07, 6.45) is 0. The Kier molecular flexibility index (Phi) is 4.41. The quantitative estimate of drug-likeness (QED) is 0.776. The molecule has 0 spiro atoms. The van der Waals surface area contributed by atoms with Crippen molar-refractivity contribution in [2.24, 2.45) is 0 Å². The third kappa shape index (κ3) is 3.12. The van der Waals surface area contributed by atoms with Crippen LogP contribution < -0.4 is 4.90 Å². The Morgan fingerprint density at radius 1 is 1.26 bits per heavy atom. The Morgan fingerprint density at radius 3 is 2.57 bits per heavy atom. The number of halogens is 2. The molecular weight excluding hydrogens is 337 g/mol. The van der Waals surface area contributed by atoms with Gasteiger partial charge in [-0.3, -0.25) is 14.5 Å². The van der Waals surface area contributed by atoms with Crippen molar-refractivity contribution in [2.75, 3.05) is 10.7 Å². The minimum atomic E-state index is -0.531. The molecule has 0 saturated carbocycles. The summed E-state index contributed by atoms with van der Waals surface area (Å²) in [7, 11) is 0. The van der Waals surface area contributed by atoms with Crippen molar-refractivity contribution in [3.05, 3.63) is 65.0 Å². The van der Waals surface area contributed by atoms with Gasteiger partial charge in [-0.05, 0) is 60.0 Å². The molecule has 3 nitrogen and oxygen atoms in total. The molecular formula is C17H13ClFNO2S. The Morgan fingerprint density at radius 2 is 1.96 bits per heavy atom. The van der Waals surface area contributed by atoms with Crippen LogP contribution in [0.5, 0.6) is 0 Å². The second-order valence-electron chi connectivity index (χ2n) is 5.25. The van der Waals surface area contributed by atoms with Crippen molar-refractivity contribution < 1.29 is 14.0 Å². The van der Waals surface area contributed by atoms with Gasteiger partial charge < -0.3 is 0 Å². The van der Waals surface area contributed by atoms with E-state index < -0.39 is 5.24 Å². The molecule has 0 aliphatic carbocycles. The van der Waals surface area contributed by atoms with E-state index in [4.69, 9.17) is 11.6 Å². The minimum Gasteiger partial charge on any atom is -0.295 e. The van der Waals surface area contributed by atoms with Gasteiger partial charge in [-0.1, -0.05) is 12.1 Å². The number of aryl methyl sites for hydroxylation is 1. The van der Waals surface area contributed by atoms with E-state index >= 15 is 0 Å². The fraction of sp³-hybridized carbons (Fsp3) is 0.176. The molecule has 2 aromatic rings. The highest BCUT2D eigenvalue weighted by atomic mass is 35.5. The Labute approximate surface area is 142 Å². The van der Waals surface area contributed by atoms with Crippen LogP contribution in [-0.2, 0) is 4.79 Å². The fourth-order valence-electron chi connectivity index (χ4n) is 2.61. The molecule has 1 fully saturated rings. The van der Waals surface area contributed by atoms with Crippen molar-refractivity contribution >= 4 is 40.2 Å². The maximum absolute atomic E-state index is 13.1. The lowest BCUT2D eigenvalue weighted by Gasteiger charge is -2.26. The second-order valence-corrected chi connectivity index (χ2v) is 6.67. The van der Waals surface area contributed by atoms with Crippen LogP contribution in [0.4, 0.5) is 10.1 Å². The highest BCUT2D eigenvalue weighted by Gasteiger charge is 2.34. The molecule has 0 bridgehead atoms. The smallest absolute Gasteiger partial charge is 0.252 e. The Bertz CT molecular complexity index is 779. The van der Waals surface area contributed by atoms with Gasteiger partial charge in [-0.2, -0.15) is 0 Å². The van der Waals surface area contributed by atoms with Crippen LogP contribution in [0.1, 0.15) is 26.9 Å². The summed E-state index contributed by atoms with van der Waals surface area (Å²) in [5.74, 6) is 0.0330. The number of anilines is 1. The van der Waals surface area contributed by atoms with Gasteiger partial charge in [0.15, 0.2) is 0 Å². The van der Waals surface area contributed by atoms with Gasteiger partial charge in [-0.25, -0.2) is 4.39 Å². The van der Waals surface area contributed by atoms with Crippen LogP contribution >= 0.6 is 23.4 Å². The van der Waals surface area contributed by atoms with E-state index in [1.54, 1.807) is 35.2 Å². The molecule has 0 radical (unpaired) electrons. The number of nitrogens with zero attached hydrogens (tertiary/aromatic N) is 1. The van der Waals surface area contributed by atoms with Crippen molar-refractivity contribution in [1.82, 2.24) is 0 Å². The molecule has 6 heteroatoms. The molecule has 1 amide bonds. The summed E-state index contributed by atoms with van der Waals surface area (Å²) in [5.41, 5.74) is 2.78. The first-order valence-corrected chi connectivity index (χ1v) is 8.39. The zero-order chi connectivity index (χ0) is 16.6. The van der Waals surface area contributed by atoms with Crippen LogP contribution in [0.3, 0.4) is 0 Å². The zero-order valence-electron chi connectivity index (χ0n) is 12.3. The first kappa shape index (κ1) is 16.0. The lowest BCUT2D eigenvalue weighted by atomic mass is 10.1. The summed E-state index contributed by atoms with van der Waals surface area (Å²) in [5, 5.41) is -0.740. The van der Waals surface area contributed by atoms with Gasteiger partial charge >= 0.3 is 0 Å². The van der Waals surface area contributed by atoms with E-state index in [0.717, 1.165) is 16.8 Å². The number of amides is 1. The van der Waals surface area contributed by atoms with E-state index in [9.17, 15) is 14.0 Å². The third-order valence-electron chi connectivity index (χ3n) is 3.71. The molecule has 1 aliphatic heterocycles. The van der Waals surface area contributed by atoms with Crippen LogP contribution in [0, 0.1) is 12.7 Å². The average Bonchev–Trinajstić information content (AvgIpc) is 2.89.